The minimum Gasteiger partial charge on any atom is -0.410 e. The van der Waals surface area contributed by atoms with Crippen molar-refractivity contribution in [3.63, 3.8) is 0 Å². The molecular formula is C21H17NO2. The van der Waals surface area contributed by atoms with Crippen LogP contribution in [0.25, 0.3) is 11.1 Å². The maximum absolute atomic E-state index is 12.0. The third-order valence-corrected chi connectivity index (χ3v) is 4.26. The monoisotopic (exact) mass is 315 g/mol. The number of amides is 1. The van der Waals surface area contributed by atoms with Crippen LogP contribution < -0.4 is 10.1 Å². The Morgan fingerprint density at radius 1 is 0.875 bits per heavy atom. The summed E-state index contributed by atoms with van der Waals surface area (Å²) in [5.41, 5.74) is 6.05. The lowest BCUT2D eigenvalue weighted by Crippen LogP contribution is -2.26. The van der Waals surface area contributed by atoms with Gasteiger partial charge in [-0.1, -0.05) is 60.7 Å². The number of hydrogen-bond donors (Lipinski definition) is 1. The van der Waals surface area contributed by atoms with Gasteiger partial charge in [0.15, 0.2) is 0 Å². The van der Waals surface area contributed by atoms with Crippen LogP contribution in [-0.4, -0.2) is 6.09 Å². The van der Waals surface area contributed by atoms with Crippen molar-refractivity contribution < 1.29 is 9.53 Å². The van der Waals surface area contributed by atoms with E-state index in [-0.39, 0.29) is 0 Å². The molecule has 0 heterocycles. The Bertz CT molecular complexity index is 887. The number of ether oxygens (including phenoxy) is 1. The maximum atomic E-state index is 12.0. The van der Waals surface area contributed by atoms with E-state index in [0.717, 1.165) is 12.0 Å². The van der Waals surface area contributed by atoms with E-state index in [4.69, 9.17) is 4.74 Å². The first-order valence-corrected chi connectivity index (χ1v) is 8.00. The average molecular weight is 315 g/mol. The van der Waals surface area contributed by atoms with Gasteiger partial charge in [-0.25, -0.2) is 4.79 Å². The molecule has 3 aromatic carbocycles. The molecule has 118 valence electrons. The van der Waals surface area contributed by atoms with Gasteiger partial charge >= 0.3 is 6.09 Å². The Morgan fingerprint density at radius 3 is 2.50 bits per heavy atom. The molecule has 1 aliphatic carbocycles. The highest BCUT2D eigenvalue weighted by Crippen LogP contribution is 2.37. The topological polar surface area (TPSA) is 38.3 Å². The zero-order chi connectivity index (χ0) is 16.4. The fourth-order valence-electron chi connectivity index (χ4n) is 3.10. The molecule has 3 aromatic rings. The molecule has 0 unspecified atom stereocenters. The SMILES string of the molecule is O=C(NCc1ccccc1)Oc1ccc2c(c1)Cc1ccccc1-2. The van der Waals surface area contributed by atoms with E-state index in [1.165, 1.54) is 22.3 Å². The summed E-state index contributed by atoms with van der Waals surface area (Å²) in [7, 11) is 0. The Morgan fingerprint density at radius 2 is 1.62 bits per heavy atom. The van der Waals surface area contributed by atoms with Crippen LogP contribution >= 0.6 is 0 Å². The molecule has 0 saturated heterocycles. The van der Waals surface area contributed by atoms with Crippen molar-refractivity contribution in [2.45, 2.75) is 13.0 Å². The van der Waals surface area contributed by atoms with Gasteiger partial charge in [-0.15, -0.1) is 0 Å². The smallest absolute Gasteiger partial charge is 0.410 e. The van der Waals surface area contributed by atoms with Crippen molar-refractivity contribution in [1.82, 2.24) is 5.32 Å². The zero-order valence-electron chi connectivity index (χ0n) is 13.2. The molecule has 0 radical (unpaired) electrons. The van der Waals surface area contributed by atoms with Gasteiger partial charge in [0.2, 0.25) is 0 Å². The van der Waals surface area contributed by atoms with E-state index >= 15 is 0 Å². The fraction of sp³-hybridized carbons (Fsp3) is 0.0952. The summed E-state index contributed by atoms with van der Waals surface area (Å²) in [5, 5.41) is 2.77. The fourth-order valence-corrected chi connectivity index (χ4v) is 3.10. The quantitative estimate of drug-likeness (QED) is 0.602. The molecule has 0 saturated carbocycles. The number of rotatable bonds is 3. The predicted molar refractivity (Wildman–Crippen MR) is 94.0 cm³/mol. The van der Waals surface area contributed by atoms with Gasteiger partial charge in [-0.05, 0) is 46.4 Å². The number of benzene rings is 3. The van der Waals surface area contributed by atoms with Crippen LogP contribution in [0.1, 0.15) is 16.7 Å². The minimum atomic E-state index is -0.436. The van der Waals surface area contributed by atoms with Crippen LogP contribution in [0.5, 0.6) is 5.75 Å². The van der Waals surface area contributed by atoms with Crippen molar-refractivity contribution in [3.05, 3.63) is 89.5 Å². The van der Waals surface area contributed by atoms with E-state index in [1.54, 1.807) is 0 Å². The number of nitrogens with one attached hydrogen (secondary N) is 1. The Kier molecular flexibility index (Phi) is 3.75. The molecule has 3 nitrogen and oxygen atoms in total. The van der Waals surface area contributed by atoms with Gasteiger partial charge in [0.05, 0.1) is 0 Å². The molecule has 3 heteroatoms. The lowest BCUT2D eigenvalue weighted by molar-refractivity contribution is 0.200. The number of carbonyl (C=O) groups excluding carboxylic acids is 1. The summed E-state index contributed by atoms with van der Waals surface area (Å²) < 4.78 is 5.41. The molecule has 0 aromatic heterocycles. The van der Waals surface area contributed by atoms with E-state index in [2.05, 4.69) is 29.6 Å². The molecular weight excluding hydrogens is 298 g/mol. The molecule has 0 bridgehead atoms. The van der Waals surface area contributed by atoms with Crippen molar-refractivity contribution in [1.29, 1.82) is 0 Å². The maximum Gasteiger partial charge on any atom is 0.412 e. The largest absolute Gasteiger partial charge is 0.412 e. The third-order valence-electron chi connectivity index (χ3n) is 4.26. The number of hydrogen-bond acceptors (Lipinski definition) is 2. The van der Waals surface area contributed by atoms with Crippen LogP contribution in [0.15, 0.2) is 72.8 Å². The summed E-state index contributed by atoms with van der Waals surface area (Å²) in [6.45, 7) is 0.454. The van der Waals surface area contributed by atoms with Crippen LogP contribution in [0.3, 0.4) is 0 Å². The van der Waals surface area contributed by atoms with Crippen molar-refractivity contribution >= 4 is 6.09 Å². The van der Waals surface area contributed by atoms with Crippen LogP contribution in [0.4, 0.5) is 4.79 Å². The standard InChI is InChI=1S/C21H17NO2/c23-21(22-14-15-6-2-1-3-7-15)24-18-10-11-20-17(13-18)12-16-8-4-5-9-19(16)20/h1-11,13H,12,14H2,(H,22,23). The van der Waals surface area contributed by atoms with Crippen molar-refractivity contribution in [3.8, 4) is 16.9 Å². The highest BCUT2D eigenvalue weighted by molar-refractivity contribution is 5.78. The highest BCUT2D eigenvalue weighted by atomic mass is 16.6. The average Bonchev–Trinajstić information content (AvgIpc) is 2.98. The van der Waals surface area contributed by atoms with Gasteiger partial charge in [0.1, 0.15) is 5.75 Å². The first-order chi connectivity index (χ1) is 11.8. The van der Waals surface area contributed by atoms with Crippen molar-refractivity contribution in [2.75, 3.05) is 0 Å². The lowest BCUT2D eigenvalue weighted by atomic mass is 10.1. The lowest BCUT2D eigenvalue weighted by Gasteiger charge is -2.08. The molecule has 1 amide bonds. The van der Waals surface area contributed by atoms with Crippen LogP contribution in [-0.2, 0) is 13.0 Å². The van der Waals surface area contributed by atoms with E-state index in [9.17, 15) is 4.79 Å². The predicted octanol–water partition coefficient (Wildman–Crippen LogP) is 4.55. The first-order valence-electron chi connectivity index (χ1n) is 8.00. The number of fused-ring (bicyclic) bond motifs is 3. The van der Waals surface area contributed by atoms with Crippen LogP contribution in [0.2, 0.25) is 0 Å². The molecule has 0 spiro atoms. The van der Waals surface area contributed by atoms with Crippen LogP contribution in [0, 0.1) is 0 Å². The Hall–Kier alpha value is -3.07. The van der Waals surface area contributed by atoms with Gasteiger partial charge in [-0.2, -0.15) is 0 Å². The van der Waals surface area contributed by atoms with Gasteiger partial charge in [0, 0.05) is 6.54 Å². The highest BCUT2D eigenvalue weighted by Gasteiger charge is 2.18. The second kappa shape index (κ2) is 6.20. The second-order valence-electron chi connectivity index (χ2n) is 5.88. The molecule has 24 heavy (non-hydrogen) atoms. The Balaban J connectivity index is 1.43. The second-order valence-corrected chi connectivity index (χ2v) is 5.88. The van der Waals surface area contributed by atoms with E-state index in [1.807, 2.05) is 48.5 Å². The van der Waals surface area contributed by atoms with Crippen molar-refractivity contribution in [2.24, 2.45) is 0 Å². The number of carbonyl (C=O) groups is 1. The summed E-state index contributed by atoms with van der Waals surface area (Å²) >= 11 is 0. The van der Waals surface area contributed by atoms with Gasteiger partial charge in [0.25, 0.3) is 0 Å². The third kappa shape index (κ3) is 2.88. The van der Waals surface area contributed by atoms with E-state index in [0.29, 0.717) is 12.3 Å². The summed E-state index contributed by atoms with van der Waals surface area (Å²) in [6.07, 6.45) is 0.447. The van der Waals surface area contributed by atoms with E-state index < -0.39 is 6.09 Å². The summed E-state index contributed by atoms with van der Waals surface area (Å²) in [5.74, 6) is 0.576. The normalized spacial score (nSPS) is 11.5. The minimum absolute atomic E-state index is 0.436. The molecule has 1 N–H and O–H groups in total. The molecule has 1 aliphatic rings. The first kappa shape index (κ1) is 14.5. The summed E-state index contributed by atoms with van der Waals surface area (Å²) in [6, 6.07) is 24.0. The van der Waals surface area contributed by atoms with Gasteiger partial charge in [-0.3, -0.25) is 0 Å². The zero-order valence-corrected chi connectivity index (χ0v) is 13.2. The molecule has 0 fully saturated rings. The van der Waals surface area contributed by atoms with Gasteiger partial charge < -0.3 is 10.1 Å². The molecule has 4 rings (SSSR count). The molecule has 0 atom stereocenters. The Labute approximate surface area is 140 Å². The summed E-state index contributed by atoms with van der Waals surface area (Å²) in [4.78, 5) is 12.0. The molecule has 0 aliphatic heterocycles.